The van der Waals surface area contributed by atoms with Crippen LogP contribution in [0.5, 0.6) is 17.5 Å². The number of halogens is 3. The number of ether oxygens (including phenoxy) is 2. The number of fused-ring (bicyclic) bond motifs is 2. The molecule has 1 saturated carbocycles. The lowest BCUT2D eigenvalue weighted by Crippen LogP contribution is -2.51. The Bertz CT molecular complexity index is 1180. The second-order valence-corrected chi connectivity index (χ2v) is 10.2. The monoisotopic (exact) mass is 508 g/mol. The average Bonchev–Trinajstić information content (AvgIpc) is 3.45. The number of alkyl halides is 3. The first-order chi connectivity index (χ1) is 16.6. The Labute approximate surface area is 205 Å². The fourth-order valence-corrected chi connectivity index (χ4v) is 5.99. The van der Waals surface area contributed by atoms with E-state index >= 15 is 0 Å². The Morgan fingerprint density at radius 2 is 1.86 bits per heavy atom. The smallest absolute Gasteiger partial charge is 0.424 e. The van der Waals surface area contributed by atoms with E-state index < -0.39 is 6.36 Å². The molecule has 0 radical (unpaired) electrons. The van der Waals surface area contributed by atoms with Gasteiger partial charge in [0.15, 0.2) is 0 Å². The minimum absolute atomic E-state index is 0.0320. The number of hydrogen-bond acceptors (Lipinski definition) is 8. The van der Waals surface area contributed by atoms with Crippen LogP contribution in [0.2, 0.25) is 0 Å². The van der Waals surface area contributed by atoms with Crippen LogP contribution < -0.4 is 20.1 Å². The predicted octanol–water partition coefficient (Wildman–Crippen LogP) is 5.23. The fourth-order valence-electron chi connectivity index (χ4n) is 5.05. The summed E-state index contributed by atoms with van der Waals surface area (Å²) in [7, 11) is 0. The number of hydrogen-bond donors (Lipinski definition) is 1. The molecule has 1 aliphatic carbocycles. The van der Waals surface area contributed by atoms with E-state index in [0.29, 0.717) is 17.6 Å². The molecule has 2 bridgehead atoms. The van der Waals surface area contributed by atoms with Gasteiger partial charge in [0.1, 0.15) is 11.5 Å². The Kier molecular flexibility index (Phi) is 6.12. The molecule has 1 aliphatic heterocycles. The summed E-state index contributed by atoms with van der Waals surface area (Å²) in [5.41, 5.74) is 7.57. The van der Waals surface area contributed by atoms with Gasteiger partial charge in [0.2, 0.25) is 5.95 Å². The molecule has 2 aromatic heterocycles. The van der Waals surface area contributed by atoms with Gasteiger partial charge in [-0.2, -0.15) is 9.36 Å². The molecule has 12 heteroatoms. The molecular formula is C23H27F3N6O2S. The summed E-state index contributed by atoms with van der Waals surface area (Å²) in [4.78, 5) is 8.08. The zero-order chi connectivity index (χ0) is 24.9. The van der Waals surface area contributed by atoms with Gasteiger partial charge in [-0.1, -0.05) is 0 Å². The van der Waals surface area contributed by atoms with E-state index in [9.17, 15) is 13.2 Å². The van der Waals surface area contributed by atoms with E-state index in [-0.39, 0.29) is 35.8 Å². The van der Waals surface area contributed by atoms with E-state index in [1.165, 1.54) is 35.8 Å². The maximum absolute atomic E-state index is 12.5. The Morgan fingerprint density at radius 1 is 1.14 bits per heavy atom. The molecule has 2 fully saturated rings. The first-order valence-electron chi connectivity index (χ1n) is 11.5. The van der Waals surface area contributed by atoms with E-state index in [1.807, 2.05) is 20.8 Å². The van der Waals surface area contributed by atoms with Crippen molar-refractivity contribution in [3.8, 4) is 17.5 Å². The van der Waals surface area contributed by atoms with E-state index in [2.05, 4.69) is 20.1 Å². The molecule has 188 valence electrons. The average molecular weight is 509 g/mol. The van der Waals surface area contributed by atoms with Crippen LogP contribution in [-0.4, -0.2) is 38.1 Å². The predicted molar refractivity (Wildman–Crippen MR) is 125 cm³/mol. The molecule has 4 unspecified atom stereocenters. The lowest BCUT2D eigenvalue weighted by atomic mass is 9.85. The zero-order valence-electron chi connectivity index (χ0n) is 19.6. The van der Waals surface area contributed by atoms with Gasteiger partial charge in [-0.15, -0.1) is 18.3 Å². The highest BCUT2D eigenvalue weighted by Crippen LogP contribution is 2.49. The summed E-state index contributed by atoms with van der Waals surface area (Å²) in [5.74, 6) is 1.20. The number of benzene rings is 1. The molecule has 1 aromatic carbocycles. The summed E-state index contributed by atoms with van der Waals surface area (Å²) in [6, 6.07) is 7.69. The van der Waals surface area contributed by atoms with Crippen LogP contribution in [0, 0.1) is 18.8 Å². The summed E-state index contributed by atoms with van der Waals surface area (Å²) >= 11 is 1.49. The number of nitrogens with two attached hydrogens (primary N) is 1. The van der Waals surface area contributed by atoms with Crippen molar-refractivity contribution in [3.05, 3.63) is 40.9 Å². The third-order valence-corrected chi connectivity index (χ3v) is 7.57. The van der Waals surface area contributed by atoms with Crippen LogP contribution in [0.25, 0.3) is 0 Å². The van der Waals surface area contributed by atoms with Gasteiger partial charge in [0.25, 0.3) is 0 Å². The van der Waals surface area contributed by atoms with Gasteiger partial charge in [0, 0.05) is 17.5 Å². The number of anilines is 1. The summed E-state index contributed by atoms with van der Waals surface area (Å²) in [5, 5.41) is 4.78. The largest absolute Gasteiger partial charge is 0.573 e. The van der Waals surface area contributed by atoms with Crippen molar-refractivity contribution in [3.63, 3.8) is 0 Å². The van der Waals surface area contributed by atoms with Crippen molar-refractivity contribution in [2.45, 2.75) is 58.1 Å². The lowest BCUT2D eigenvalue weighted by Gasteiger charge is -2.42. The lowest BCUT2D eigenvalue weighted by molar-refractivity contribution is -0.274. The zero-order valence-corrected chi connectivity index (χ0v) is 20.4. The number of piperidine rings is 1. The minimum Gasteiger partial charge on any atom is -0.424 e. The van der Waals surface area contributed by atoms with Crippen LogP contribution in [-0.2, 0) is 0 Å². The summed E-state index contributed by atoms with van der Waals surface area (Å²) < 4.78 is 53.4. The van der Waals surface area contributed by atoms with Gasteiger partial charge in [0.05, 0.1) is 17.8 Å². The van der Waals surface area contributed by atoms with Crippen LogP contribution in [0.1, 0.15) is 49.3 Å². The number of aromatic nitrogens is 4. The van der Waals surface area contributed by atoms with E-state index in [0.717, 1.165) is 30.0 Å². The first kappa shape index (κ1) is 23.9. The molecule has 2 aliphatic rings. The van der Waals surface area contributed by atoms with Crippen LogP contribution in [0.4, 0.5) is 19.1 Å². The Balaban J connectivity index is 1.45. The van der Waals surface area contributed by atoms with Crippen LogP contribution >= 0.6 is 11.5 Å². The van der Waals surface area contributed by atoms with E-state index in [1.54, 1.807) is 4.68 Å². The molecule has 0 amide bonds. The van der Waals surface area contributed by atoms with Crippen molar-refractivity contribution in [2.24, 2.45) is 17.6 Å². The van der Waals surface area contributed by atoms with Crippen LogP contribution in [0.15, 0.2) is 30.3 Å². The SMILES string of the molecule is Cc1cc(C2C3CCC(CN2c2nc(Oc4ccc(OC(F)(F)F)cc4)n(C(C)C)n2)C3N)sn1. The van der Waals surface area contributed by atoms with Gasteiger partial charge >= 0.3 is 12.4 Å². The molecule has 3 heterocycles. The number of aryl methyl sites for hydroxylation is 1. The Morgan fingerprint density at radius 3 is 2.49 bits per heavy atom. The highest BCUT2D eigenvalue weighted by molar-refractivity contribution is 7.05. The highest BCUT2D eigenvalue weighted by atomic mass is 32.1. The second-order valence-electron chi connectivity index (χ2n) is 9.40. The van der Waals surface area contributed by atoms with Crippen molar-refractivity contribution >= 4 is 17.5 Å². The van der Waals surface area contributed by atoms with Gasteiger partial charge in [-0.25, -0.2) is 4.68 Å². The number of rotatable bonds is 6. The second kappa shape index (κ2) is 8.98. The van der Waals surface area contributed by atoms with Crippen molar-refractivity contribution in [1.82, 2.24) is 19.1 Å². The topological polar surface area (TPSA) is 91.3 Å². The standard InChI is InChI=1S/C23H27F3N6O2S/c1-12(2)32-22(33-15-5-7-16(8-6-15)34-23(24,25)26)28-21(29-32)31-11-14-4-9-17(19(14)27)20(31)18-10-13(3)30-35-18/h5-8,10,12,14,17,19-20H,4,9,11,27H2,1-3H3. The summed E-state index contributed by atoms with van der Waals surface area (Å²) in [6.07, 6.45) is -2.64. The highest BCUT2D eigenvalue weighted by Gasteiger charge is 2.48. The minimum atomic E-state index is -4.75. The van der Waals surface area contributed by atoms with Gasteiger partial charge in [-0.3, -0.25) is 0 Å². The molecule has 4 atom stereocenters. The summed E-state index contributed by atoms with van der Waals surface area (Å²) in [6.45, 7) is 6.65. The van der Waals surface area contributed by atoms with Crippen molar-refractivity contribution < 1.29 is 22.6 Å². The molecule has 8 nitrogen and oxygen atoms in total. The molecule has 3 aromatic rings. The first-order valence-corrected chi connectivity index (χ1v) is 12.3. The van der Waals surface area contributed by atoms with Gasteiger partial charge in [-0.05, 0) is 87.3 Å². The van der Waals surface area contributed by atoms with Crippen molar-refractivity contribution in [1.29, 1.82) is 0 Å². The quantitative estimate of drug-likeness (QED) is 0.488. The molecule has 0 spiro atoms. The number of nitrogens with zero attached hydrogens (tertiary/aromatic N) is 5. The van der Waals surface area contributed by atoms with Crippen LogP contribution in [0.3, 0.4) is 0 Å². The fraction of sp³-hybridized carbons (Fsp3) is 0.522. The molecule has 1 saturated heterocycles. The molecule has 35 heavy (non-hydrogen) atoms. The maximum Gasteiger partial charge on any atom is 0.573 e. The normalized spacial score (nSPS) is 24.3. The third-order valence-electron chi connectivity index (χ3n) is 6.62. The van der Waals surface area contributed by atoms with E-state index in [4.69, 9.17) is 20.6 Å². The molecular weight excluding hydrogens is 481 g/mol. The maximum atomic E-state index is 12.5. The van der Waals surface area contributed by atoms with Crippen molar-refractivity contribution in [2.75, 3.05) is 11.4 Å². The van der Waals surface area contributed by atoms with Gasteiger partial charge < -0.3 is 20.1 Å². The third kappa shape index (κ3) is 4.81. The Hall–Kier alpha value is -2.86. The molecule has 5 rings (SSSR count). The molecule has 2 N–H and O–H groups in total.